The summed E-state index contributed by atoms with van der Waals surface area (Å²) in [6, 6.07) is 78.3. The molecule has 2 aromatic heterocycles. The van der Waals surface area contributed by atoms with Gasteiger partial charge in [-0.2, -0.15) is 0 Å². The fourth-order valence-electron chi connectivity index (χ4n) is 8.46. The Hall–Kier alpha value is -7.88. The number of rotatable bonds is 7. The van der Waals surface area contributed by atoms with Crippen molar-refractivity contribution in [1.82, 2.24) is 9.97 Å². The van der Waals surface area contributed by atoms with Gasteiger partial charge < -0.3 is 4.90 Å². The van der Waals surface area contributed by atoms with Crippen molar-refractivity contribution in [3.63, 3.8) is 0 Å². The molecule has 0 bridgehead atoms. The molecule has 276 valence electrons. The summed E-state index contributed by atoms with van der Waals surface area (Å²) >= 11 is 0. The lowest BCUT2D eigenvalue weighted by atomic mass is 9.97. The average Bonchev–Trinajstić information content (AvgIpc) is 3.32. The highest BCUT2D eigenvalue weighted by atomic mass is 15.1. The topological polar surface area (TPSA) is 29.0 Å². The van der Waals surface area contributed by atoms with E-state index >= 15 is 0 Å². The number of nitrogens with zero attached hydrogens (tertiary/aromatic N) is 3. The minimum absolute atomic E-state index is 0.876. The van der Waals surface area contributed by atoms with Gasteiger partial charge in [0.1, 0.15) is 0 Å². The van der Waals surface area contributed by atoms with E-state index in [0.29, 0.717) is 0 Å². The van der Waals surface area contributed by atoms with Gasteiger partial charge >= 0.3 is 0 Å². The predicted octanol–water partition coefficient (Wildman–Crippen LogP) is 15.2. The summed E-state index contributed by atoms with van der Waals surface area (Å²) in [6.07, 6.45) is 1.84. The lowest BCUT2D eigenvalue weighted by Crippen LogP contribution is -2.10. The fourth-order valence-corrected chi connectivity index (χ4v) is 8.46. The molecule has 3 heteroatoms. The molecule has 0 N–H and O–H groups in total. The van der Waals surface area contributed by atoms with Crippen LogP contribution in [-0.4, -0.2) is 9.97 Å². The van der Waals surface area contributed by atoms with E-state index in [4.69, 9.17) is 9.97 Å². The Labute approximate surface area is 343 Å². The van der Waals surface area contributed by atoms with Crippen molar-refractivity contribution >= 4 is 60.4 Å². The van der Waals surface area contributed by atoms with Crippen molar-refractivity contribution in [2.24, 2.45) is 0 Å². The quantitative estimate of drug-likeness (QED) is 0.152. The molecule has 0 aliphatic rings. The van der Waals surface area contributed by atoms with Gasteiger partial charge in [-0.15, -0.1) is 0 Å². The summed E-state index contributed by atoms with van der Waals surface area (Å²) in [7, 11) is 0. The van der Waals surface area contributed by atoms with Gasteiger partial charge in [0.2, 0.25) is 0 Å². The van der Waals surface area contributed by atoms with Crippen LogP contribution in [-0.2, 0) is 0 Å². The van der Waals surface area contributed by atoms with Gasteiger partial charge in [-0.05, 0) is 127 Å². The third-order valence-electron chi connectivity index (χ3n) is 11.5. The number of pyridine rings is 2. The monoisotopic (exact) mass is 751 g/mol. The molecule has 0 amide bonds. The first-order valence-electron chi connectivity index (χ1n) is 20.0. The molecule has 0 unspecified atom stereocenters. The molecule has 11 rings (SSSR count). The zero-order valence-corrected chi connectivity index (χ0v) is 32.2. The lowest BCUT2D eigenvalue weighted by molar-refractivity contribution is 1.28. The van der Waals surface area contributed by atoms with Crippen LogP contribution in [0.25, 0.3) is 88.0 Å². The minimum atomic E-state index is 0.876. The van der Waals surface area contributed by atoms with Crippen LogP contribution in [0, 0.1) is 0 Å². The molecule has 11 aromatic rings. The molecule has 9 aromatic carbocycles. The van der Waals surface area contributed by atoms with Crippen molar-refractivity contribution in [3.05, 3.63) is 225 Å². The van der Waals surface area contributed by atoms with Gasteiger partial charge in [-0.1, -0.05) is 152 Å². The third-order valence-corrected chi connectivity index (χ3v) is 11.5. The van der Waals surface area contributed by atoms with Crippen LogP contribution in [0.2, 0.25) is 0 Å². The molecule has 0 spiro atoms. The second-order valence-electron chi connectivity index (χ2n) is 15.1. The van der Waals surface area contributed by atoms with E-state index in [1.165, 1.54) is 54.6 Å². The molecule has 0 aliphatic heterocycles. The molecule has 0 saturated carbocycles. The first-order chi connectivity index (χ1) is 29.2. The Morgan fingerprint density at radius 2 is 0.847 bits per heavy atom. The van der Waals surface area contributed by atoms with Crippen molar-refractivity contribution in [2.45, 2.75) is 0 Å². The Bertz CT molecular complexity index is 3300. The van der Waals surface area contributed by atoms with Gasteiger partial charge in [-0.3, -0.25) is 4.98 Å². The highest BCUT2D eigenvalue weighted by Gasteiger charge is 2.16. The Balaban J connectivity index is 1.00. The lowest BCUT2D eigenvalue weighted by Gasteiger charge is -2.26. The van der Waals surface area contributed by atoms with Crippen molar-refractivity contribution in [3.8, 4) is 44.6 Å². The van der Waals surface area contributed by atoms with Gasteiger partial charge in [0.25, 0.3) is 0 Å². The van der Waals surface area contributed by atoms with E-state index in [1.807, 2.05) is 24.4 Å². The van der Waals surface area contributed by atoms with Crippen molar-refractivity contribution < 1.29 is 0 Å². The number of aromatic nitrogens is 2. The molecular weight excluding hydrogens is 715 g/mol. The summed E-state index contributed by atoms with van der Waals surface area (Å²) in [5.41, 5.74) is 14.0. The first kappa shape index (κ1) is 34.4. The average molecular weight is 752 g/mol. The fraction of sp³-hybridized carbons (Fsp3) is 0. The van der Waals surface area contributed by atoms with E-state index in [-0.39, 0.29) is 0 Å². The molecule has 3 nitrogen and oxygen atoms in total. The predicted molar refractivity (Wildman–Crippen MR) is 248 cm³/mol. The van der Waals surface area contributed by atoms with Gasteiger partial charge in [-0.25, -0.2) is 4.98 Å². The second-order valence-corrected chi connectivity index (χ2v) is 15.1. The summed E-state index contributed by atoms with van der Waals surface area (Å²) in [6.45, 7) is 0. The Kier molecular flexibility index (Phi) is 8.49. The Morgan fingerprint density at radius 1 is 0.322 bits per heavy atom. The minimum Gasteiger partial charge on any atom is -0.310 e. The van der Waals surface area contributed by atoms with Crippen LogP contribution in [0.15, 0.2) is 225 Å². The number of hydrogen-bond donors (Lipinski definition) is 0. The van der Waals surface area contributed by atoms with E-state index in [9.17, 15) is 0 Å². The summed E-state index contributed by atoms with van der Waals surface area (Å²) < 4.78 is 0. The SMILES string of the molecule is c1ccc(-c2ccc3c(ccc4cc(N(c5ccc(-c6ccc7ccccc7c6)cc5)c5ccc(-c6cc(-c7ccccc7)c7ncccc7n6)cc5)ccc43)c2)cc1. The van der Waals surface area contributed by atoms with E-state index in [0.717, 1.165) is 50.5 Å². The van der Waals surface area contributed by atoms with Gasteiger partial charge in [0.15, 0.2) is 0 Å². The zero-order chi connectivity index (χ0) is 39.1. The number of hydrogen-bond acceptors (Lipinski definition) is 3. The largest absolute Gasteiger partial charge is 0.310 e. The molecule has 0 atom stereocenters. The first-order valence-corrected chi connectivity index (χ1v) is 20.0. The van der Waals surface area contributed by atoms with Crippen LogP contribution >= 0.6 is 0 Å². The summed E-state index contributed by atoms with van der Waals surface area (Å²) in [5.74, 6) is 0. The molecule has 0 saturated heterocycles. The maximum atomic E-state index is 5.09. The van der Waals surface area contributed by atoms with Crippen LogP contribution in [0.4, 0.5) is 17.1 Å². The zero-order valence-electron chi connectivity index (χ0n) is 32.2. The number of fused-ring (bicyclic) bond motifs is 5. The molecular formula is C56H37N3. The molecule has 59 heavy (non-hydrogen) atoms. The maximum Gasteiger partial charge on any atom is 0.0965 e. The van der Waals surface area contributed by atoms with Crippen molar-refractivity contribution in [2.75, 3.05) is 4.90 Å². The highest BCUT2D eigenvalue weighted by Crippen LogP contribution is 2.40. The van der Waals surface area contributed by atoms with Crippen LogP contribution in [0.1, 0.15) is 0 Å². The molecule has 2 heterocycles. The maximum absolute atomic E-state index is 5.09. The summed E-state index contributed by atoms with van der Waals surface area (Å²) in [5, 5.41) is 7.39. The molecule has 0 radical (unpaired) electrons. The van der Waals surface area contributed by atoms with E-state index < -0.39 is 0 Å². The molecule has 0 aliphatic carbocycles. The van der Waals surface area contributed by atoms with Gasteiger partial charge in [0, 0.05) is 34.4 Å². The molecule has 0 fully saturated rings. The highest BCUT2D eigenvalue weighted by molar-refractivity contribution is 6.09. The van der Waals surface area contributed by atoms with Crippen molar-refractivity contribution in [1.29, 1.82) is 0 Å². The van der Waals surface area contributed by atoms with Crippen LogP contribution in [0.3, 0.4) is 0 Å². The Morgan fingerprint density at radius 3 is 1.58 bits per heavy atom. The van der Waals surface area contributed by atoms with Gasteiger partial charge in [0.05, 0.1) is 16.7 Å². The summed E-state index contributed by atoms with van der Waals surface area (Å²) in [4.78, 5) is 12.2. The number of benzene rings is 9. The van der Waals surface area contributed by atoms with Crippen LogP contribution < -0.4 is 4.90 Å². The van der Waals surface area contributed by atoms with E-state index in [1.54, 1.807) is 0 Å². The third kappa shape index (κ3) is 6.45. The smallest absolute Gasteiger partial charge is 0.0965 e. The number of anilines is 3. The van der Waals surface area contributed by atoms with E-state index in [2.05, 4.69) is 205 Å². The standard InChI is InChI=1S/C56H37N3/c1-3-10-38(11-4-1)45-25-31-51-46(35-45)19-20-47-36-50(30-32-52(47)51)59(48-26-21-40(22-27-48)44-18-17-39-12-7-8-15-43(39)34-44)49-28-23-42(24-29-49)55-37-53(41-13-5-2-6-14-41)56-54(58-55)16-9-33-57-56/h1-37H. The second kappa shape index (κ2) is 14.6. The normalized spacial score (nSPS) is 11.4. The van der Waals surface area contributed by atoms with Crippen LogP contribution in [0.5, 0.6) is 0 Å².